The van der Waals surface area contributed by atoms with Crippen LogP contribution in [-0.4, -0.2) is 25.1 Å². The topological polar surface area (TPSA) is 79.3 Å². The number of hydrogen-bond acceptors (Lipinski definition) is 4. The monoisotopic (exact) mass is 356 g/mol. The maximum atomic E-state index is 12.2. The highest BCUT2D eigenvalue weighted by Gasteiger charge is 2.14. The summed E-state index contributed by atoms with van der Waals surface area (Å²) in [6.07, 6.45) is 3.35. The molecule has 1 heterocycles. The van der Waals surface area contributed by atoms with Crippen LogP contribution in [0, 0.1) is 0 Å². The number of aliphatic hydroxyl groups excluding tert-OH is 1. The predicted molar refractivity (Wildman–Crippen MR) is 80.0 cm³/mol. The molecule has 0 saturated heterocycles. The van der Waals surface area contributed by atoms with E-state index in [0.29, 0.717) is 16.6 Å². The van der Waals surface area contributed by atoms with Crippen molar-refractivity contribution in [3.05, 3.63) is 52.8 Å². The molecule has 0 bridgehead atoms. The van der Waals surface area contributed by atoms with Crippen molar-refractivity contribution >= 4 is 31.6 Å². The van der Waals surface area contributed by atoms with E-state index in [1.54, 1.807) is 24.3 Å². The van der Waals surface area contributed by atoms with Gasteiger partial charge < -0.3 is 5.11 Å². The SMILES string of the molecule is O=S(=O)(Nc1ccc(CCO)cc1)c1cncc(Br)c1. The molecular weight excluding hydrogens is 344 g/mol. The summed E-state index contributed by atoms with van der Waals surface area (Å²) in [6, 6.07) is 8.35. The second-order valence-electron chi connectivity index (χ2n) is 4.11. The molecule has 0 saturated carbocycles. The standard InChI is InChI=1S/C13H13BrN2O3S/c14-11-7-13(9-15-8-11)20(18,19)16-12-3-1-10(2-4-12)5-6-17/h1-4,7-9,16-17H,5-6H2. The normalized spacial score (nSPS) is 11.3. The fourth-order valence-corrected chi connectivity index (χ4v) is 3.18. The Balaban J connectivity index is 2.20. The number of nitrogens with zero attached hydrogens (tertiary/aromatic N) is 1. The maximum Gasteiger partial charge on any atom is 0.263 e. The molecule has 0 aliphatic rings. The van der Waals surface area contributed by atoms with Gasteiger partial charge in [-0.15, -0.1) is 0 Å². The smallest absolute Gasteiger partial charge is 0.263 e. The summed E-state index contributed by atoms with van der Waals surface area (Å²) >= 11 is 3.19. The molecule has 106 valence electrons. The molecule has 2 aromatic rings. The van der Waals surface area contributed by atoms with Crippen LogP contribution in [0.5, 0.6) is 0 Å². The zero-order valence-electron chi connectivity index (χ0n) is 10.5. The van der Waals surface area contributed by atoms with E-state index in [1.807, 2.05) is 0 Å². The largest absolute Gasteiger partial charge is 0.396 e. The van der Waals surface area contributed by atoms with Gasteiger partial charge in [0, 0.05) is 29.2 Å². The summed E-state index contributed by atoms with van der Waals surface area (Å²) in [4.78, 5) is 3.93. The van der Waals surface area contributed by atoms with Crippen molar-refractivity contribution in [2.75, 3.05) is 11.3 Å². The first-order valence-electron chi connectivity index (χ1n) is 5.84. The summed E-state index contributed by atoms with van der Waals surface area (Å²) in [5.41, 5.74) is 1.41. The summed E-state index contributed by atoms with van der Waals surface area (Å²) < 4.78 is 27.4. The second-order valence-corrected chi connectivity index (χ2v) is 6.71. The number of sulfonamides is 1. The molecule has 0 aliphatic heterocycles. The fraction of sp³-hybridized carbons (Fsp3) is 0.154. The van der Waals surface area contributed by atoms with Crippen molar-refractivity contribution in [3.63, 3.8) is 0 Å². The number of aliphatic hydroxyl groups is 1. The third-order valence-electron chi connectivity index (χ3n) is 2.60. The molecule has 7 heteroatoms. The third kappa shape index (κ3) is 3.78. The Morgan fingerprint density at radius 2 is 1.90 bits per heavy atom. The Labute approximate surface area is 125 Å². The zero-order chi connectivity index (χ0) is 14.6. The molecule has 5 nitrogen and oxygen atoms in total. The van der Waals surface area contributed by atoms with Crippen LogP contribution in [0.2, 0.25) is 0 Å². The van der Waals surface area contributed by atoms with Gasteiger partial charge in [0.05, 0.1) is 0 Å². The number of rotatable bonds is 5. The molecule has 0 spiro atoms. The Morgan fingerprint density at radius 3 is 2.50 bits per heavy atom. The first-order chi connectivity index (χ1) is 9.51. The van der Waals surface area contributed by atoms with E-state index < -0.39 is 10.0 Å². The average Bonchev–Trinajstić information content (AvgIpc) is 2.41. The van der Waals surface area contributed by atoms with Crippen molar-refractivity contribution in [2.24, 2.45) is 0 Å². The van der Waals surface area contributed by atoms with Gasteiger partial charge in [0.2, 0.25) is 0 Å². The van der Waals surface area contributed by atoms with Crippen LogP contribution in [0.25, 0.3) is 0 Å². The quantitative estimate of drug-likeness (QED) is 0.860. The highest BCUT2D eigenvalue weighted by Crippen LogP contribution is 2.18. The third-order valence-corrected chi connectivity index (χ3v) is 4.38. The molecule has 0 radical (unpaired) electrons. The summed E-state index contributed by atoms with van der Waals surface area (Å²) in [6.45, 7) is 0.0643. The molecule has 0 unspecified atom stereocenters. The summed E-state index contributed by atoms with van der Waals surface area (Å²) in [5, 5.41) is 8.83. The van der Waals surface area contributed by atoms with Gasteiger partial charge in [0.1, 0.15) is 4.90 Å². The number of nitrogens with one attached hydrogen (secondary N) is 1. The van der Waals surface area contributed by atoms with Crippen LogP contribution in [0.1, 0.15) is 5.56 Å². The van der Waals surface area contributed by atoms with Gasteiger partial charge in [-0.3, -0.25) is 9.71 Å². The van der Waals surface area contributed by atoms with E-state index in [4.69, 9.17) is 5.11 Å². The van der Waals surface area contributed by atoms with Gasteiger partial charge in [0.25, 0.3) is 10.0 Å². The van der Waals surface area contributed by atoms with Gasteiger partial charge >= 0.3 is 0 Å². The first kappa shape index (κ1) is 15.0. The lowest BCUT2D eigenvalue weighted by Crippen LogP contribution is -2.13. The van der Waals surface area contributed by atoms with Gasteiger partial charge in [0.15, 0.2) is 0 Å². The van der Waals surface area contributed by atoms with Crippen LogP contribution in [0.4, 0.5) is 5.69 Å². The van der Waals surface area contributed by atoms with Crippen LogP contribution in [0.15, 0.2) is 52.1 Å². The molecular formula is C13H13BrN2O3S. The van der Waals surface area contributed by atoms with E-state index in [2.05, 4.69) is 25.6 Å². The van der Waals surface area contributed by atoms with E-state index in [0.717, 1.165) is 5.56 Å². The van der Waals surface area contributed by atoms with Gasteiger partial charge in [-0.25, -0.2) is 8.42 Å². The van der Waals surface area contributed by atoms with Gasteiger partial charge in [-0.2, -0.15) is 0 Å². The lowest BCUT2D eigenvalue weighted by atomic mass is 10.1. The maximum absolute atomic E-state index is 12.2. The van der Waals surface area contributed by atoms with Crippen LogP contribution in [0.3, 0.4) is 0 Å². The molecule has 0 fully saturated rings. The molecule has 1 aromatic carbocycles. The Kier molecular flexibility index (Phi) is 4.74. The van der Waals surface area contributed by atoms with E-state index in [1.165, 1.54) is 18.5 Å². The second kappa shape index (κ2) is 6.34. The number of anilines is 1. The van der Waals surface area contributed by atoms with Gasteiger partial charge in [-0.05, 0) is 46.1 Å². The summed E-state index contributed by atoms with van der Waals surface area (Å²) in [7, 11) is -3.65. The van der Waals surface area contributed by atoms with Crippen molar-refractivity contribution in [2.45, 2.75) is 11.3 Å². The molecule has 1 aromatic heterocycles. The minimum absolute atomic E-state index is 0.0643. The molecule has 0 aliphatic carbocycles. The lowest BCUT2D eigenvalue weighted by Gasteiger charge is -2.08. The Hall–Kier alpha value is -1.44. The minimum Gasteiger partial charge on any atom is -0.396 e. The Bertz CT molecular complexity index is 687. The van der Waals surface area contributed by atoms with Crippen molar-refractivity contribution in [3.8, 4) is 0 Å². The molecule has 2 rings (SSSR count). The van der Waals surface area contributed by atoms with Gasteiger partial charge in [-0.1, -0.05) is 12.1 Å². The average molecular weight is 357 g/mol. The molecule has 2 N–H and O–H groups in total. The molecule has 0 atom stereocenters. The molecule has 20 heavy (non-hydrogen) atoms. The predicted octanol–water partition coefficient (Wildman–Crippen LogP) is 2.18. The number of benzene rings is 1. The number of pyridine rings is 1. The van der Waals surface area contributed by atoms with Crippen LogP contribution < -0.4 is 4.72 Å². The lowest BCUT2D eigenvalue weighted by molar-refractivity contribution is 0.299. The molecule has 0 amide bonds. The zero-order valence-corrected chi connectivity index (χ0v) is 12.9. The highest BCUT2D eigenvalue weighted by atomic mass is 79.9. The van der Waals surface area contributed by atoms with E-state index >= 15 is 0 Å². The summed E-state index contributed by atoms with van der Waals surface area (Å²) in [5.74, 6) is 0. The number of aromatic nitrogens is 1. The van der Waals surface area contributed by atoms with Crippen LogP contribution >= 0.6 is 15.9 Å². The van der Waals surface area contributed by atoms with E-state index in [-0.39, 0.29) is 11.5 Å². The number of halogens is 1. The highest BCUT2D eigenvalue weighted by molar-refractivity contribution is 9.10. The van der Waals surface area contributed by atoms with E-state index in [9.17, 15) is 8.42 Å². The van der Waals surface area contributed by atoms with Crippen molar-refractivity contribution in [1.29, 1.82) is 0 Å². The minimum atomic E-state index is -3.65. The number of hydrogen-bond donors (Lipinski definition) is 2. The fourth-order valence-electron chi connectivity index (χ4n) is 1.62. The van der Waals surface area contributed by atoms with Crippen molar-refractivity contribution < 1.29 is 13.5 Å². The first-order valence-corrected chi connectivity index (χ1v) is 8.12. The van der Waals surface area contributed by atoms with Crippen molar-refractivity contribution in [1.82, 2.24) is 4.98 Å². The van der Waals surface area contributed by atoms with Crippen LogP contribution in [-0.2, 0) is 16.4 Å². The Morgan fingerprint density at radius 1 is 1.20 bits per heavy atom.